The van der Waals surface area contributed by atoms with Crippen LogP contribution >= 0.6 is 0 Å². The number of halogens is 2. The Hall–Kier alpha value is -6.44. The number of carbonyl (C=O) groups excluding carboxylic acids is 6. The molecule has 12 nitrogen and oxygen atoms in total. The number of nitrogens with one attached hydrogen (secondary N) is 6. The summed E-state index contributed by atoms with van der Waals surface area (Å²) in [5.41, 5.74) is 2.41. The van der Waals surface area contributed by atoms with Gasteiger partial charge in [0.25, 0.3) is 0 Å². The summed E-state index contributed by atoms with van der Waals surface area (Å²) in [7, 11) is 0. The molecule has 0 aliphatic rings. The highest BCUT2D eigenvalue weighted by atomic mass is 19.1. The molecule has 0 saturated carbocycles. The van der Waals surface area contributed by atoms with Crippen LogP contribution in [0.25, 0.3) is 0 Å². The molecule has 0 aliphatic heterocycles. The van der Waals surface area contributed by atoms with Gasteiger partial charge in [0.15, 0.2) is 0 Å². The Morgan fingerprint density at radius 1 is 0.500 bits per heavy atom. The molecule has 0 radical (unpaired) electrons. The third-order valence-corrected chi connectivity index (χ3v) is 7.03. The summed E-state index contributed by atoms with van der Waals surface area (Å²) >= 11 is 0. The summed E-state index contributed by atoms with van der Waals surface area (Å²) in [6.45, 7) is 2.62. The van der Waals surface area contributed by atoms with E-state index in [-0.39, 0.29) is 49.5 Å². The zero-order valence-electron chi connectivity index (χ0n) is 28.6. The molecule has 0 aliphatic carbocycles. The van der Waals surface area contributed by atoms with Crippen molar-refractivity contribution in [2.24, 2.45) is 0 Å². The second-order valence-corrected chi connectivity index (χ2v) is 11.5. The average molecular weight is 715 g/mol. The smallest absolute Gasteiger partial charge is 0.243 e. The zero-order valence-corrected chi connectivity index (χ0v) is 28.6. The Kier molecular flexibility index (Phi) is 16.1. The van der Waals surface area contributed by atoms with E-state index in [4.69, 9.17) is 0 Å². The Morgan fingerprint density at radius 3 is 1.38 bits per heavy atom. The van der Waals surface area contributed by atoms with Crippen LogP contribution in [-0.2, 0) is 41.6 Å². The van der Waals surface area contributed by atoms with Crippen LogP contribution in [-0.4, -0.2) is 60.6 Å². The minimum atomic E-state index is -0.819. The molecule has 0 unspecified atom stereocenters. The molecule has 0 heterocycles. The van der Waals surface area contributed by atoms with Crippen LogP contribution in [0.15, 0.2) is 109 Å². The lowest BCUT2D eigenvalue weighted by Gasteiger charge is -2.14. The maximum atomic E-state index is 13.1. The fourth-order valence-electron chi connectivity index (χ4n) is 4.43. The normalized spacial score (nSPS) is 11.3. The number of benzene rings is 4. The molecule has 0 bridgehead atoms. The Balaban J connectivity index is 0.000000280. The zero-order chi connectivity index (χ0) is 37.9. The standard InChI is InChI=1S/2C19H20FN3O3/c1-13(22-17(24)11-14-6-5-7-15(20)10-14)19(26)21-12-18(25)23-16-8-3-2-4-9-16;1-13(22-17(24)11-14-7-9-15(20)10-8-14)19(26)21-12-18(25)23-16-5-3-2-4-6-16/h2*2-10,13H,11-12H2,1H3,(H,21,26)(H,22,24)(H,23,25)/t2*13-/m00/s1. The van der Waals surface area contributed by atoms with Crippen LogP contribution in [0.4, 0.5) is 20.2 Å². The van der Waals surface area contributed by atoms with Crippen LogP contribution < -0.4 is 31.9 Å². The van der Waals surface area contributed by atoms with Gasteiger partial charge in [-0.25, -0.2) is 8.78 Å². The molecule has 272 valence electrons. The van der Waals surface area contributed by atoms with Crippen molar-refractivity contribution in [3.63, 3.8) is 0 Å². The number of hydrogen-bond donors (Lipinski definition) is 6. The fraction of sp³-hybridized carbons (Fsp3) is 0.211. The first-order valence-electron chi connectivity index (χ1n) is 16.2. The molecule has 14 heteroatoms. The largest absolute Gasteiger partial charge is 0.345 e. The van der Waals surface area contributed by atoms with E-state index in [1.807, 2.05) is 12.1 Å². The third-order valence-electron chi connectivity index (χ3n) is 7.03. The second-order valence-electron chi connectivity index (χ2n) is 11.5. The van der Waals surface area contributed by atoms with E-state index in [1.54, 1.807) is 54.6 Å². The molecule has 0 saturated heterocycles. The Labute approximate surface area is 299 Å². The van der Waals surface area contributed by atoms with Gasteiger partial charge >= 0.3 is 0 Å². The maximum absolute atomic E-state index is 13.1. The Morgan fingerprint density at radius 2 is 0.942 bits per heavy atom. The Bertz CT molecular complexity index is 1810. The third kappa shape index (κ3) is 15.4. The van der Waals surface area contributed by atoms with Crippen molar-refractivity contribution >= 4 is 46.8 Å². The number of hydrogen-bond acceptors (Lipinski definition) is 6. The summed E-state index contributed by atoms with van der Waals surface area (Å²) < 4.78 is 25.9. The van der Waals surface area contributed by atoms with E-state index in [0.717, 1.165) is 0 Å². The lowest BCUT2D eigenvalue weighted by Crippen LogP contribution is -2.47. The highest BCUT2D eigenvalue weighted by Crippen LogP contribution is 2.07. The van der Waals surface area contributed by atoms with Crippen LogP contribution in [0, 0.1) is 11.6 Å². The van der Waals surface area contributed by atoms with E-state index in [2.05, 4.69) is 31.9 Å². The van der Waals surface area contributed by atoms with Gasteiger partial charge in [-0.3, -0.25) is 28.8 Å². The van der Waals surface area contributed by atoms with Crippen molar-refractivity contribution in [3.8, 4) is 0 Å². The van der Waals surface area contributed by atoms with E-state index < -0.39 is 35.6 Å². The van der Waals surface area contributed by atoms with E-state index >= 15 is 0 Å². The number of amides is 6. The van der Waals surface area contributed by atoms with Gasteiger partial charge in [0, 0.05) is 11.4 Å². The molecule has 52 heavy (non-hydrogen) atoms. The SMILES string of the molecule is C[C@H](NC(=O)Cc1ccc(F)cc1)C(=O)NCC(=O)Nc1ccccc1.C[C@H](NC(=O)Cc1cccc(F)c1)C(=O)NCC(=O)Nc1ccccc1. The quantitative estimate of drug-likeness (QED) is 0.117. The first kappa shape index (κ1) is 40.0. The van der Waals surface area contributed by atoms with Gasteiger partial charge in [0.05, 0.1) is 25.9 Å². The summed E-state index contributed by atoms with van der Waals surface area (Å²) in [5, 5.41) is 15.3. The summed E-state index contributed by atoms with van der Waals surface area (Å²) in [4.78, 5) is 71.4. The molecular formula is C38H40F2N6O6. The number of para-hydroxylation sites is 2. The fourth-order valence-corrected chi connectivity index (χ4v) is 4.43. The van der Waals surface area contributed by atoms with Gasteiger partial charge in [-0.2, -0.15) is 0 Å². The molecule has 4 aromatic carbocycles. The predicted octanol–water partition coefficient (Wildman–Crippen LogP) is 3.26. The molecule has 4 aromatic rings. The molecule has 0 aromatic heterocycles. The van der Waals surface area contributed by atoms with Crippen LogP contribution in [0.3, 0.4) is 0 Å². The van der Waals surface area contributed by atoms with Crippen molar-refractivity contribution in [1.29, 1.82) is 0 Å². The monoisotopic (exact) mass is 714 g/mol. The number of rotatable bonds is 14. The minimum Gasteiger partial charge on any atom is -0.345 e. The van der Waals surface area contributed by atoms with Crippen molar-refractivity contribution < 1.29 is 37.5 Å². The van der Waals surface area contributed by atoms with E-state index in [9.17, 15) is 37.5 Å². The predicted molar refractivity (Wildman–Crippen MR) is 192 cm³/mol. The van der Waals surface area contributed by atoms with E-state index in [1.165, 1.54) is 56.3 Å². The summed E-state index contributed by atoms with van der Waals surface area (Å²) in [5.74, 6) is -3.28. The number of carbonyl (C=O) groups is 6. The summed E-state index contributed by atoms with van der Waals surface area (Å²) in [6.07, 6.45) is -0.00370. The topological polar surface area (TPSA) is 175 Å². The summed E-state index contributed by atoms with van der Waals surface area (Å²) in [6, 6.07) is 27.3. The van der Waals surface area contributed by atoms with Crippen molar-refractivity contribution in [1.82, 2.24) is 21.3 Å². The van der Waals surface area contributed by atoms with E-state index in [0.29, 0.717) is 22.5 Å². The van der Waals surface area contributed by atoms with Gasteiger partial charge in [-0.05, 0) is 73.5 Å². The molecular weight excluding hydrogens is 674 g/mol. The van der Waals surface area contributed by atoms with Crippen LogP contribution in [0.1, 0.15) is 25.0 Å². The lowest BCUT2D eigenvalue weighted by atomic mass is 10.1. The molecule has 6 amide bonds. The molecule has 6 N–H and O–H groups in total. The maximum Gasteiger partial charge on any atom is 0.243 e. The average Bonchev–Trinajstić information content (AvgIpc) is 3.11. The highest BCUT2D eigenvalue weighted by molar-refractivity contribution is 5.97. The highest BCUT2D eigenvalue weighted by Gasteiger charge is 2.18. The first-order chi connectivity index (χ1) is 24.9. The molecule has 2 atom stereocenters. The van der Waals surface area contributed by atoms with Crippen molar-refractivity contribution in [3.05, 3.63) is 132 Å². The van der Waals surface area contributed by atoms with Gasteiger partial charge in [0.2, 0.25) is 35.4 Å². The molecule has 0 spiro atoms. The van der Waals surface area contributed by atoms with Crippen molar-refractivity contribution in [2.75, 3.05) is 23.7 Å². The van der Waals surface area contributed by atoms with Gasteiger partial charge in [-0.1, -0.05) is 60.7 Å². The van der Waals surface area contributed by atoms with Gasteiger partial charge in [0.1, 0.15) is 23.7 Å². The van der Waals surface area contributed by atoms with Crippen molar-refractivity contribution in [2.45, 2.75) is 38.8 Å². The first-order valence-corrected chi connectivity index (χ1v) is 16.2. The van der Waals surface area contributed by atoms with Gasteiger partial charge in [-0.15, -0.1) is 0 Å². The number of anilines is 2. The molecule has 4 rings (SSSR count). The van der Waals surface area contributed by atoms with Crippen LogP contribution in [0.2, 0.25) is 0 Å². The van der Waals surface area contributed by atoms with Crippen LogP contribution in [0.5, 0.6) is 0 Å². The second kappa shape index (κ2) is 20.9. The minimum absolute atomic E-state index is 0.0341. The molecule has 0 fully saturated rings. The lowest BCUT2D eigenvalue weighted by molar-refractivity contribution is -0.129. The van der Waals surface area contributed by atoms with Gasteiger partial charge < -0.3 is 31.9 Å².